The highest BCUT2D eigenvalue weighted by molar-refractivity contribution is 14.0. The maximum Gasteiger partial charge on any atom is 0.191 e. The molecule has 0 aliphatic carbocycles. The van der Waals surface area contributed by atoms with Gasteiger partial charge < -0.3 is 20.3 Å². The fraction of sp³-hybridized carbons (Fsp3) is 0.588. The highest BCUT2D eigenvalue weighted by atomic mass is 127. The fourth-order valence-electron chi connectivity index (χ4n) is 2.48. The monoisotopic (exact) mass is 432 g/mol. The molecule has 1 fully saturated rings. The Morgan fingerprint density at radius 3 is 2.74 bits per heavy atom. The number of guanidine groups is 1. The lowest BCUT2D eigenvalue weighted by atomic mass is 10.2. The molecule has 1 atom stereocenters. The molecule has 0 spiro atoms. The maximum absolute atomic E-state index is 5.61. The van der Waals surface area contributed by atoms with Crippen LogP contribution in [-0.4, -0.2) is 51.9 Å². The molecule has 1 unspecified atom stereocenters. The number of para-hydroxylation sites is 1. The van der Waals surface area contributed by atoms with Gasteiger partial charge in [-0.1, -0.05) is 18.2 Å². The van der Waals surface area contributed by atoms with E-state index < -0.39 is 0 Å². The van der Waals surface area contributed by atoms with E-state index in [4.69, 9.17) is 4.74 Å². The molecule has 0 aromatic heterocycles. The molecule has 1 aromatic carbocycles. The first kappa shape index (κ1) is 20.0. The largest absolute Gasteiger partial charge is 0.376 e. The lowest BCUT2D eigenvalue weighted by Gasteiger charge is -2.20. The van der Waals surface area contributed by atoms with Crippen molar-refractivity contribution in [3.05, 3.63) is 30.3 Å². The third-order valence-corrected chi connectivity index (χ3v) is 3.76. The van der Waals surface area contributed by atoms with E-state index in [2.05, 4.69) is 58.8 Å². The molecule has 1 aliphatic heterocycles. The molecule has 1 saturated heterocycles. The summed E-state index contributed by atoms with van der Waals surface area (Å²) >= 11 is 0. The van der Waals surface area contributed by atoms with Gasteiger partial charge in [-0.25, -0.2) is 0 Å². The van der Waals surface area contributed by atoms with E-state index in [9.17, 15) is 0 Å². The summed E-state index contributed by atoms with van der Waals surface area (Å²) in [6.07, 6.45) is 2.58. The Balaban J connectivity index is 0.00000264. The quantitative estimate of drug-likeness (QED) is 0.395. The predicted octanol–water partition coefficient (Wildman–Crippen LogP) is 2.47. The Kier molecular flexibility index (Phi) is 10.0. The fourth-order valence-corrected chi connectivity index (χ4v) is 2.48. The number of hydrogen-bond acceptors (Lipinski definition) is 3. The van der Waals surface area contributed by atoms with Crippen molar-refractivity contribution >= 4 is 35.6 Å². The van der Waals surface area contributed by atoms with Gasteiger partial charge in [0.1, 0.15) is 0 Å². The number of likely N-dealkylation sites (N-methyl/N-ethyl adjacent to an activating group) is 1. The summed E-state index contributed by atoms with van der Waals surface area (Å²) in [6.45, 7) is 6.35. The van der Waals surface area contributed by atoms with Crippen molar-refractivity contribution in [3.63, 3.8) is 0 Å². The summed E-state index contributed by atoms with van der Waals surface area (Å²) in [5.41, 5.74) is 1.23. The average Bonchev–Trinajstić information content (AvgIpc) is 3.06. The third kappa shape index (κ3) is 7.39. The van der Waals surface area contributed by atoms with Crippen molar-refractivity contribution in [1.82, 2.24) is 10.6 Å². The molecule has 0 amide bonds. The maximum atomic E-state index is 5.61. The van der Waals surface area contributed by atoms with E-state index in [1.807, 2.05) is 6.07 Å². The van der Waals surface area contributed by atoms with Crippen LogP contribution in [0.2, 0.25) is 0 Å². The van der Waals surface area contributed by atoms with E-state index in [1.165, 1.54) is 5.69 Å². The van der Waals surface area contributed by atoms with E-state index in [1.54, 1.807) is 0 Å². The van der Waals surface area contributed by atoms with Gasteiger partial charge >= 0.3 is 0 Å². The van der Waals surface area contributed by atoms with Gasteiger partial charge in [0.25, 0.3) is 0 Å². The Morgan fingerprint density at radius 2 is 2.09 bits per heavy atom. The molecule has 130 valence electrons. The first-order valence-corrected chi connectivity index (χ1v) is 8.19. The van der Waals surface area contributed by atoms with Crippen LogP contribution in [0.4, 0.5) is 5.69 Å². The summed E-state index contributed by atoms with van der Waals surface area (Å²) in [5.74, 6) is 0.875. The Bertz CT molecular complexity index is 449. The highest BCUT2D eigenvalue weighted by Gasteiger charge is 2.14. The number of rotatable bonds is 7. The minimum atomic E-state index is 0. The molecule has 1 heterocycles. The van der Waals surface area contributed by atoms with Gasteiger partial charge in [0.2, 0.25) is 0 Å². The number of nitrogens with zero attached hydrogens (tertiary/aromatic N) is 2. The van der Waals surface area contributed by atoms with Crippen LogP contribution < -0.4 is 15.5 Å². The number of hydrogen-bond donors (Lipinski definition) is 2. The van der Waals surface area contributed by atoms with Gasteiger partial charge in [-0.15, -0.1) is 24.0 Å². The lowest BCUT2D eigenvalue weighted by molar-refractivity contribution is 0.117. The smallest absolute Gasteiger partial charge is 0.191 e. The van der Waals surface area contributed by atoms with Gasteiger partial charge in [-0.3, -0.25) is 4.99 Å². The molecule has 23 heavy (non-hydrogen) atoms. The van der Waals surface area contributed by atoms with Crippen molar-refractivity contribution in [2.45, 2.75) is 25.9 Å². The zero-order valence-corrected chi connectivity index (χ0v) is 16.5. The Labute approximate surface area is 156 Å². The number of ether oxygens (including phenoxy) is 1. The zero-order valence-electron chi connectivity index (χ0n) is 14.1. The number of nitrogens with one attached hydrogen (secondary N) is 2. The predicted molar refractivity (Wildman–Crippen MR) is 108 cm³/mol. The second-order valence-corrected chi connectivity index (χ2v) is 5.54. The molecular weight excluding hydrogens is 403 g/mol. The van der Waals surface area contributed by atoms with Crippen LogP contribution in [-0.2, 0) is 4.74 Å². The molecule has 0 bridgehead atoms. The number of benzene rings is 1. The van der Waals surface area contributed by atoms with E-state index in [0.29, 0.717) is 6.10 Å². The van der Waals surface area contributed by atoms with Crippen LogP contribution in [0.15, 0.2) is 35.3 Å². The SMILES string of the molecule is CCNC(=NCC1CCCO1)NCCN(C)c1ccccc1.I. The first-order valence-electron chi connectivity index (χ1n) is 8.19. The van der Waals surface area contributed by atoms with Crippen LogP contribution in [0.3, 0.4) is 0 Å². The van der Waals surface area contributed by atoms with E-state index in [0.717, 1.165) is 51.6 Å². The molecule has 2 N–H and O–H groups in total. The normalized spacial score (nSPS) is 17.5. The van der Waals surface area contributed by atoms with Gasteiger partial charge in [-0.2, -0.15) is 0 Å². The molecule has 6 heteroatoms. The minimum absolute atomic E-state index is 0. The van der Waals surface area contributed by atoms with Crippen molar-refractivity contribution in [2.24, 2.45) is 4.99 Å². The molecule has 1 aromatic rings. The number of aliphatic imine (C=N–C) groups is 1. The number of anilines is 1. The molecule has 1 aliphatic rings. The van der Waals surface area contributed by atoms with Crippen LogP contribution in [0, 0.1) is 0 Å². The van der Waals surface area contributed by atoms with Crippen molar-refractivity contribution < 1.29 is 4.74 Å². The van der Waals surface area contributed by atoms with Crippen LogP contribution in [0.25, 0.3) is 0 Å². The average molecular weight is 432 g/mol. The topological polar surface area (TPSA) is 48.9 Å². The van der Waals surface area contributed by atoms with E-state index in [-0.39, 0.29) is 24.0 Å². The lowest BCUT2D eigenvalue weighted by Crippen LogP contribution is -2.41. The Morgan fingerprint density at radius 1 is 1.30 bits per heavy atom. The third-order valence-electron chi connectivity index (χ3n) is 3.76. The summed E-state index contributed by atoms with van der Waals surface area (Å²) in [7, 11) is 2.10. The van der Waals surface area contributed by atoms with Crippen LogP contribution >= 0.6 is 24.0 Å². The summed E-state index contributed by atoms with van der Waals surface area (Å²) in [5, 5.41) is 6.67. The molecule has 0 radical (unpaired) electrons. The Hall–Kier alpha value is -1.02. The van der Waals surface area contributed by atoms with Gasteiger partial charge in [0, 0.05) is 39.0 Å². The van der Waals surface area contributed by atoms with E-state index >= 15 is 0 Å². The first-order chi connectivity index (χ1) is 10.8. The van der Waals surface area contributed by atoms with Crippen molar-refractivity contribution in [2.75, 3.05) is 44.7 Å². The van der Waals surface area contributed by atoms with Crippen LogP contribution in [0.5, 0.6) is 0 Å². The second-order valence-electron chi connectivity index (χ2n) is 5.54. The summed E-state index contributed by atoms with van der Waals surface area (Å²) < 4.78 is 5.61. The standard InChI is InChI=1S/C17H28N4O.HI/c1-3-18-17(20-14-16-10-7-13-22-16)19-11-12-21(2)15-8-5-4-6-9-15;/h4-6,8-9,16H,3,7,10-14H2,1-2H3,(H2,18,19,20);1H. The molecule has 2 rings (SSSR count). The highest BCUT2D eigenvalue weighted by Crippen LogP contribution is 2.12. The van der Waals surface area contributed by atoms with Crippen LogP contribution in [0.1, 0.15) is 19.8 Å². The molecular formula is C17H29IN4O. The zero-order chi connectivity index (χ0) is 15.6. The van der Waals surface area contributed by atoms with Crippen molar-refractivity contribution in [1.29, 1.82) is 0 Å². The minimum Gasteiger partial charge on any atom is -0.376 e. The summed E-state index contributed by atoms with van der Waals surface area (Å²) in [4.78, 5) is 6.85. The number of halogens is 1. The second kappa shape index (κ2) is 11.5. The van der Waals surface area contributed by atoms with Gasteiger partial charge in [-0.05, 0) is 31.9 Å². The van der Waals surface area contributed by atoms with Gasteiger partial charge in [0.15, 0.2) is 5.96 Å². The van der Waals surface area contributed by atoms with Crippen molar-refractivity contribution in [3.8, 4) is 0 Å². The summed E-state index contributed by atoms with van der Waals surface area (Å²) in [6, 6.07) is 10.4. The molecule has 5 nitrogen and oxygen atoms in total. The van der Waals surface area contributed by atoms with Gasteiger partial charge in [0.05, 0.1) is 12.6 Å². The molecule has 0 saturated carbocycles.